The molecule has 0 saturated heterocycles. The Kier molecular flexibility index (Phi) is 9.86. The number of benzene rings is 1. The predicted molar refractivity (Wildman–Crippen MR) is 123 cm³/mol. The van der Waals surface area contributed by atoms with Crippen molar-refractivity contribution < 1.29 is 9.47 Å². The number of rotatable bonds is 7. The summed E-state index contributed by atoms with van der Waals surface area (Å²) in [6.07, 6.45) is 0.970. The lowest BCUT2D eigenvalue weighted by Crippen LogP contribution is -2.38. The number of nitrogens with zero attached hydrogens (tertiary/aromatic N) is 3. The van der Waals surface area contributed by atoms with E-state index in [4.69, 9.17) is 9.47 Å². The maximum absolute atomic E-state index is 5.42. The number of thiazole rings is 1. The van der Waals surface area contributed by atoms with Crippen molar-refractivity contribution in [3.63, 3.8) is 0 Å². The smallest absolute Gasteiger partial charge is 0.194 e. The lowest BCUT2D eigenvalue weighted by Gasteiger charge is -2.23. The van der Waals surface area contributed by atoms with Gasteiger partial charge in [0.2, 0.25) is 0 Å². The maximum Gasteiger partial charge on any atom is 0.194 e. The quantitative estimate of drug-likeness (QED) is 0.353. The zero-order valence-electron chi connectivity index (χ0n) is 16.8. The van der Waals surface area contributed by atoms with Gasteiger partial charge in [-0.15, -0.1) is 35.3 Å². The summed E-state index contributed by atoms with van der Waals surface area (Å²) < 4.78 is 10.8. The summed E-state index contributed by atoms with van der Waals surface area (Å²) in [6, 6.07) is 4.02. The van der Waals surface area contributed by atoms with Gasteiger partial charge in [0.05, 0.1) is 31.5 Å². The fourth-order valence-electron chi connectivity index (χ4n) is 2.67. The van der Waals surface area contributed by atoms with Gasteiger partial charge in [-0.1, -0.05) is 6.92 Å². The van der Waals surface area contributed by atoms with E-state index < -0.39 is 0 Å². The summed E-state index contributed by atoms with van der Waals surface area (Å²) in [5.41, 5.74) is 3.36. The average Bonchev–Trinajstić information content (AvgIpc) is 3.11. The second kappa shape index (κ2) is 11.3. The number of aryl methyl sites for hydroxylation is 2. The highest BCUT2D eigenvalue weighted by molar-refractivity contribution is 14.0. The average molecular weight is 504 g/mol. The highest BCUT2D eigenvalue weighted by Crippen LogP contribution is 2.30. The minimum Gasteiger partial charge on any atom is -0.493 e. The van der Waals surface area contributed by atoms with Crippen LogP contribution in [0.25, 0.3) is 0 Å². The van der Waals surface area contributed by atoms with Gasteiger partial charge in [0.15, 0.2) is 17.5 Å². The number of aliphatic imine (C=N–C) groups is 1. The molecule has 6 nitrogen and oxygen atoms in total. The second-order valence-corrected chi connectivity index (χ2v) is 6.92. The molecule has 0 aliphatic rings. The van der Waals surface area contributed by atoms with E-state index in [1.807, 2.05) is 19.2 Å². The van der Waals surface area contributed by atoms with Gasteiger partial charge in [-0.2, -0.15) is 0 Å². The minimum absolute atomic E-state index is 0. The monoisotopic (exact) mass is 504 g/mol. The SMILES string of the molecule is CCc1nc(CNC(=NC)N(C)Cc2cc(OC)c(OC)cc2C)cs1.I. The Morgan fingerprint density at radius 2 is 1.93 bits per heavy atom. The van der Waals surface area contributed by atoms with Crippen LogP contribution < -0.4 is 14.8 Å². The van der Waals surface area contributed by atoms with Crippen molar-refractivity contribution >= 4 is 41.3 Å². The highest BCUT2D eigenvalue weighted by Gasteiger charge is 2.13. The molecular formula is C19H29IN4O2S. The first-order valence-electron chi connectivity index (χ1n) is 8.58. The molecular weight excluding hydrogens is 475 g/mol. The van der Waals surface area contributed by atoms with Crippen molar-refractivity contribution in [2.75, 3.05) is 28.3 Å². The number of hydrogen-bond donors (Lipinski definition) is 1. The van der Waals surface area contributed by atoms with Gasteiger partial charge in [-0.3, -0.25) is 4.99 Å². The highest BCUT2D eigenvalue weighted by atomic mass is 127. The van der Waals surface area contributed by atoms with Crippen LogP contribution >= 0.6 is 35.3 Å². The Labute approximate surface area is 183 Å². The molecule has 0 radical (unpaired) electrons. The van der Waals surface area contributed by atoms with Crippen LogP contribution in [0.3, 0.4) is 0 Å². The van der Waals surface area contributed by atoms with Crippen LogP contribution in [0.1, 0.15) is 28.8 Å². The molecule has 0 fully saturated rings. The van der Waals surface area contributed by atoms with Gasteiger partial charge < -0.3 is 19.7 Å². The van der Waals surface area contributed by atoms with Crippen LogP contribution in [-0.2, 0) is 19.5 Å². The molecule has 1 heterocycles. The summed E-state index contributed by atoms with van der Waals surface area (Å²) in [4.78, 5) is 11.1. The molecule has 1 aromatic carbocycles. The van der Waals surface area contributed by atoms with Gasteiger partial charge >= 0.3 is 0 Å². The van der Waals surface area contributed by atoms with Crippen LogP contribution in [0.15, 0.2) is 22.5 Å². The molecule has 2 rings (SSSR count). The number of methoxy groups -OCH3 is 2. The van der Waals surface area contributed by atoms with E-state index in [0.717, 1.165) is 45.7 Å². The first-order valence-corrected chi connectivity index (χ1v) is 9.46. The van der Waals surface area contributed by atoms with Gasteiger partial charge in [-0.25, -0.2) is 4.98 Å². The predicted octanol–water partition coefficient (Wildman–Crippen LogP) is 3.86. The van der Waals surface area contributed by atoms with E-state index in [-0.39, 0.29) is 24.0 Å². The summed E-state index contributed by atoms with van der Waals surface area (Å²) >= 11 is 1.70. The van der Waals surface area contributed by atoms with E-state index in [1.165, 1.54) is 0 Å². The van der Waals surface area contributed by atoms with E-state index in [2.05, 4.69) is 39.4 Å². The molecule has 2 aromatic rings. The fourth-order valence-corrected chi connectivity index (χ4v) is 3.42. The molecule has 1 aromatic heterocycles. The van der Waals surface area contributed by atoms with E-state index in [0.29, 0.717) is 13.1 Å². The number of guanidine groups is 1. The van der Waals surface area contributed by atoms with Crippen LogP contribution in [0, 0.1) is 6.92 Å². The standard InChI is InChI=1S/C19H28N4O2S.HI/c1-7-18-22-15(12-26-18)10-21-19(20-3)23(4)11-14-9-17(25-6)16(24-5)8-13(14)2;/h8-9,12H,7,10-11H2,1-6H3,(H,20,21);1H. The third kappa shape index (κ3) is 6.24. The summed E-state index contributed by atoms with van der Waals surface area (Å²) in [7, 11) is 7.11. The van der Waals surface area contributed by atoms with Gasteiger partial charge in [0, 0.05) is 26.0 Å². The van der Waals surface area contributed by atoms with Crippen molar-refractivity contribution in [1.29, 1.82) is 0 Å². The number of aromatic nitrogens is 1. The molecule has 150 valence electrons. The Balaban J connectivity index is 0.00000364. The number of halogens is 1. The first kappa shape index (κ1) is 23.5. The van der Waals surface area contributed by atoms with Crippen molar-refractivity contribution in [2.24, 2.45) is 4.99 Å². The summed E-state index contributed by atoms with van der Waals surface area (Å²) in [6.45, 7) is 5.57. The molecule has 27 heavy (non-hydrogen) atoms. The lowest BCUT2D eigenvalue weighted by atomic mass is 10.1. The molecule has 0 spiro atoms. The first-order chi connectivity index (χ1) is 12.5. The molecule has 1 N–H and O–H groups in total. The maximum atomic E-state index is 5.42. The van der Waals surface area contributed by atoms with Crippen molar-refractivity contribution in [3.05, 3.63) is 39.3 Å². The van der Waals surface area contributed by atoms with E-state index >= 15 is 0 Å². The number of ether oxygens (including phenoxy) is 2. The third-order valence-electron chi connectivity index (χ3n) is 4.15. The second-order valence-electron chi connectivity index (χ2n) is 5.98. The zero-order valence-corrected chi connectivity index (χ0v) is 20.0. The zero-order chi connectivity index (χ0) is 19.1. The molecule has 0 atom stereocenters. The minimum atomic E-state index is 0. The number of hydrogen-bond acceptors (Lipinski definition) is 5. The molecule has 0 unspecified atom stereocenters. The summed E-state index contributed by atoms with van der Waals surface area (Å²) in [5, 5.41) is 6.63. The molecule has 8 heteroatoms. The van der Waals surface area contributed by atoms with Crippen LogP contribution in [0.4, 0.5) is 0 Å². The van der Waals surface area contributed by atoms with Gasteiger partial charge in [-0.05, 0) is 36.6 Å². The molecule has 0 amide bonds. The Morgan fingerprint density at radius 3 is 2.48 bits per heavy atom. The topological polar surface area (TPSA) is 59.0 Å². The molecule has 0 saturated carbocycles. The molecule has 0 aliphatic heterocycles. The largest absolute Gasteiger partial charge is 0.493 e. The van der Waals surface area contributed by atoms with Crippen molar-refractivity contribution in [3.8, 4) is 11.5 Å². The van der Waals surface area contributed by atoms with Crippen molar-refractivity contribution in [2.45, 2.75) is 33.4 Å². The third-order valence-corrected chi connectivity index (χ3v) is 5.19. The molecule has 0 aliphatic carbocycles. The van der Waals surface area contributed by atoms with Crippen molar-refractivity contribution in [1.82, 2.24) is 15.2 Å². The Hall–Kier alpha value is -1.55. The Morgan fingerprint density at radius 1 is 1.26 bits per heavy atom. The van der Waals surface area contributed by atoms with E-state index in [1.54, 1.807) is 32.6 Å². The van der Waals surface area contributed by atoms with Crippen LogP contribution in [0.5, 0.6) is 11.5 Å². The van der Waals surface area contributed by atoms with Gasteiger partial charge in [0.25, 0.3) is 0 Å². The van der Waals surface area contributed by atoms with E-state index in [9.17, 15) is 0 Å². The lowest BCUT2D eigenvalue weighted by molar-refractivity contribution is 0.353. The number of nitrogens with one attached hydrogen (secondary N) is 1. The summed E-state index contributed by atoms with van der Waals surface area (Å²) in [5.74, 6) is 2.30. The van der Waals surface area contributed by atoms with Crippen LogP contribution in [0.2, 0.25) is 0 Å². The van der Waals surface area contributed by atoms with Gasteiger partial charge in [0.1, 0.15) is 0 Å². The Bertz CT molecular complexity index is 764. The molecule has 0 bridgehead atoms. The fraction of sp³-hybridized carbons (Fsp3) is 0.474. The van der Waals surface area contributed by atoms with Crippen LogP contribution in [-0.4, -0.2) is 44.2 Å². The normalized spacial score (nSPS) is 11.0.